The first-order chi connectivity index (χ1) is 11.7. The van der Waals surface area contributed by atoms with Crippen LogP contribution in [0.5, 0.6) is 5.75 Å². The monoisotopic (exact) mass is 340 g/mol. The zero-order chi connectivity index (χ0) is 18.6. The molecule has 134 valence electrons. The maximum atomic E-state index is 11.7. The Hall–Kier alpha value is -2.29. The maximum Gasteiger partial charge on any atom is 0.345 e. The smallest absolute Gasteiger partial charge is 0.345 e. The zero-order valence-corrected chi connectivity index (χ0v) is 15.7. The van der Waals surface area contributed by atoms with Gasteiger partial charge in [0.2, 0.25) is 0 Å². The number of carboxylic acid groups (broad SMARTS) is 1. The average molecular weight is 340 g/mol. The Morgan fingerprint density at radius 3 is 2.16 bits per heavy atom. The Bertz CT molecular complexity index is 709. The molecule has 0 aromatic heterocycles. The third kappa shape index (κ3) is 5.09. The van der Waals surface area contributed by atoms with Crippen LogP contribution in [0.2, 0.25) is 0 Å². The fourth-order valence-corrected chi connectivity index (χ4v) is 2.77. The number of ether oxygens (including phenoxy) is 1. The number of carboxylic acids is 1. The van der Waals surface area contributed by atoms with Crippen molar-refractivity contribution in [1.29, 1.82) is 0 Å². The molecule has 0 amide bonds. The number of aliphatic carboxylic acids is 1. The first-order valence-electron chi connectivity index (χ1n) is 8.76. The number of hydrogen-bond donors (Lipinski definition) is 1. The molecule has 0 bridgehead atoms. The molecule has 2 aromatic carbocycles. The van der Waals surface area contributed by atoms with Crippen LogP contribution >= 0.6 is 0 Å². The van der Waals surface area contributed by atoms with Gasteiger partial charge in [-0.1, -0.05) is 77.1 Å². The van der Waals surface area contributed by atoms with Crippen molar-refractivity contribution in [2.75, 3.05) is 0 Å². The molecule has 2 aromatic rings. The Balaban J connectivity index is 2.21. The molecule has 0 fully saturated rings. The third-order valence-electron chi connectivity index (χ3n) is 4.31. The summed E-state index contributed by atoms with van der Waals surface area (Å²) in [4.78, 5) is 11.7. The van der Waals surface area contributed by atoms with E-state index in [9.17, 15) is 9.90 Å². The van der Waals surface area contributed by atoms with Crippen LogP contribution in [0.1, 0.15) is 57.2 Å². The van der Waals surface area contributed by atoms with Gasteiger partial charge in [-0.15, -0.1) is 0 Å². The fraction of sp³-hybridized carbons (Fsp3) is 0.409. The SMILES string of the molecule is CC(C)c1ccc(C[C@@H](Oc2ccccc2C(C)(C)C)C(=O)O)cc1. The van der Waals surface area contributed by atoms with Gasteiger partial charge in [0.15, 0.2) is 6.10 Å². The van der Waals surface area contributed by atoms with Crippen LogP contribution < -0.4 is 4.74 Å². The number of rotatable bonds is 6. The average Bonchev–Trinajstić information content (AvgIpc) is 2.54. The number of para-hydroxylation sites is 1. The summed E-state index contributed by atoms with van der Waals surface area (Å²) in [7, 11) is 0. The Kier molecular flexibility index (Phi) is 5.89. The molecular formula is C22H28O3. The predicted molar refractivity (Wildman–Crippen MR) is 101 cm³/mol. The Morgan fingerprint density at radius 2 is 1.64 bits per heavy atom. The van der Waals surface area contributed by atoms with E-state index >= 15 is 0 Å². The van der Waals surface area contributed by atoms with Crippen molar-refractivity contribution in [1.82, 2.24) is 0 Å². The van der Waals surface area contributed by atoms with E-state index in [1.165, 1.54) is 5.56 Å². The molecule has 0 saturated heterocycles. The number of carbonyl (C=O) groups is 1. The van der Waals surface area contributed by atoms with Crippen LogP contribution in [0.15, 0.2) is 48.5 Å². The summed E-state index contributed by atoms with van der Waals surface area (Å²) in [5.74, 6) is 0.150. The topological polar surface area (TPSA) is 46.5 Å². The third-order valence-corrected chi connectivity index (χ3v) is 4.31. The summed E-state index contributed by atoms with van der Waals surface area (Å²) < 4.78 is 5.92. The van der Waals surface area contributed by atoms with Gasteiger partial charge in [0.25, 0.3) is 0 Å². The molecule has 1 N–H and O–H groups in total. The predicted octanol–water partition coefficient (Wildman–Crippen LogP) is 5.18. The van der Waals surface area contributed by atoms with Gasteiger partial charge in [0.05, 0.1) is 0 Å². The molecule has 0 saturated carbocycles. The Labute approximate surface area is 150 Å². The summed E-state index contributed by atoms with van der Waals surface area (Å²) in [5, 5.41) is 9.61. The highest BCUT2D eigenvalue weighted by Crippen LogP contribution is 2.32. The lowest BCUT2D eigenvalue weighted by atomic mass is 9.86. The van der Waals surface area contributed by atoms with Gasteiger partial charge in [-0.3, -0.25) is 0 Å². The molecule has 0 unspecified atom stereocenters. The van der Waals surface area contributed by atoms with Crippen LogP contribution in [-0.2, 0) is 16.6 Å². The summed E-state index contributed by atoms with van der Waals surface area (Å²) in [6.07, 6.45) is -0.569. The number of hydrogen-bond acceptors (Lipinski definition) is 2. The van der Waals surface area contributed by atoms with Crippen LogP contribution in [0.3, 0.4) is 0 Å². The van der Waals surface area contributed by atoms with Crippen molar-refractivity contribution in [3.05, 3.63) is 65.2 Å². The van der Waals surface area contributed by atoms with Crippen LogP contribution in [0, 0.1) is 0 Å². The lowest BCUT2D eigenvalue weighted by molar-refractivity contribution is -0.145. The summed E-state index contributed by atoms with van der Waals surface area (Å²) >= 11 is 0. The highest BCUT2D eigenvalue weighted by Gasteiger charge is 2.24. The van der Waals surface area contributed by atoms with E-state index in [0.717, 1.165) is 11.1 Å². The molecule has 3 heteroatoms. The summed E-state index contributed by atoms with van der Waals surface area (Å²) in [5.41, 5.74) is 3.11. The molecule has 25 heavy (non-hydrogen) atoms. The first kappa shape index (κ1) is 19.0. The Morgan fingerprint density at radius 1 is 1.04 bits per heavy atom. The highest BCUT2D eigenvalue weighted by atomic mass is 16.5. The second-order valence-corrected chi connectivity index (χ2v) is 7.79. The molecule has 1 atom stereocenters. The summed E-state index contributed by atoms with van der Waals surface area (Å²) in [6, 6.07) is 15.8. The minimum absolute atomic E-state index is 0.113. The van der Waals surface area contributed by atoms with Gasteiger partial charge < -0.3 is 9.84 Å². The normalized spacial score (nSPS) is 12.9. The van der Waals surface area contributed by atoms with Gasteiger partial charge in [-0.25, -0.2) is 4.79 Å². The molecule has 0 radical (unpaired) electrons. The molecule has 0 heterocycles. The minimum atomic E-state index is -0.948. The first-order valence-corrected chi connectivity index (χ1v) is 8.76. The van der Waals surface area contributed by atoms with Gasteiger partial charge >= 0.3 is 5.97 Å². The molecule has 0 aliphatic rings. The van der Waals surface area contributed by atoms with E-state index in [1.807, 2.05) is 36.4 Å². The van der Waals surface area contributed by atoms with Crippen molar-refractivity contribution in [3.63, 3.8) is 0 Å². The highest BCUT2D eigenvalue weighted by molar-refractivity contribution is 5.73. The van der Waals surface area contributed by atoms with Crippen molar-refractivity contribution in [3.8, 4) is 5.75 Å². The van der Waals surface area contributed by atoms with E-state index < -0.39 is 12.1 Å². The van der Waals surface area contributed by atoms with Crippen molar-refractivity contribution >= 4 is 5.97 Å². The fourth-order valence-electron chi connectivity index (χ4n) is 2.77. The van der Waals surface area contributed by atoms with E-state index in [1.54, 1.807) is 0 Å². The molecule has 0 aliphatic heterocycles. The maximum absolute atomic E-state index is 11.7. The lowest BCUT2D eigenvalue weighted by Crippen LogP contribution is -2.30. The van der Waals surface area contributed by atoms with Crippen LogP contribution in [0.4, 0.5) is 0 Å². The van der Waals surface area contributed by atoms with Gasteiger partial charge in [0.1, 0.15) is 5.75 Å². The van der Waals surface area contributed by atoms with Gasteiger partial charge in [-0.05, 0) is 34.1 Å². The molecular weight excluding hydrogens is 312 g/mol. The number of benzene rings is 2. The van der Waals surface area contributed by atoms with Crippen LogP contribution in [0.25, 0.3) is 0 Å². The summed E-state index contributed by atoms with van der Waals surface area (Å²) in [6.45, 7) is 10.6. The standard InChI is InChI=1S/C22H28O3/c1-15(2)17-12-10-16(11-13-17)14-20(21(23)24)25-19-9-7-6-8-18(19)22(3,4)5/h6-13,15,20H,14H2,1-5H3,(H,23,24)/t20-/m1/s1. The second kappa shape index (κ2) is 7.73. The zero-order valence-electron chi connectivity index (χ0n) is 15.7. The molecule has 2 rings (SSSR count). The largest absolute Gasteiger partial charge is 0.478 e. The van der Waals surface area contributed by atoms with E-state index in [0.29, 0.717) is 18.1 Å². The molecule has 0 aliphatic carbocycles. The second-order valence-electron chi connectivity index (χ2n) is 7.79. The quantitative estimate of drug-likeness (QED) is 0.788. The lowest BCUT2D eigenvalue weighted by Gasteiger charge is -2.25. The van der Waals surface area contributed by atoms with Crippen molar-refractivity contribution < 1.29 is 14.6 Å². The van der Waals surface area contributed by atoms with E-state index in [4.69, 9.17) is 4.74 Å². The molecule has 3 nitrogen and oxygen atoms in total. The van der Waals surface area contributed by atoms with E-state index in [2.05, 4.69) is 46.8 Å². The van der Waals surface area contributed by atoms with Gasteiger partial charge in [-0.2, -0.15) is 0 Å². The van der Waals surface area contributed by atoms with Gasteiger partial charge in [0, 0.05) is 6.42 Å². The van der Waals surface area contributed by atoms with E-state index in [-0.39, 0.29) is 5.41 Å². The molecule has 0 spiro atoms. The van der Waals surface area contributed by atoms with Crippen LogP contribution in [-0.4, -0.2) is 17.2 Å². The minimum Gasteiger partial charge on any atom is -0.478 e. The van der Waals surface area contributed by atoms with Crippen molar-refractivity contribution in [2.45, 2.75) is 58.5 Å². The van der Waals surface area contributed by atoms with Crippen molar-refractivity contribution in [2.24, 2.45) is 0 Å².